The number of hydrogen-bond acceptors (Lipinski definition) is 15. The molecule has 318 valence electrons. The highest BCUT2D eigenvalue weighted by atomic mass is 32.1. The summed E-state index contributed by atoms with van der Waals surface area (Å²) >= 11 is 4.14. The van der Waals surface area contributed by atoms with Crippen LogP contribution in [0, 0.1) is 0 Å². The van der Waals surface area contributed by atoms with Crippen LogP contribution in [0.1, 0.15) is 63.5 Å². The molecule has 1 heterocycles. The highest BCUT2D eigenvalue weighted by molar-refractivity contribution is 7.80. The number of nitrogens with zero attached hydrogens (tertiary/aromatic N) is 1. The Bertz CT molecular complexity index is 1380. The predicted octanol–water partition coefficient (Wildman–Crippen LogP) is -5.43. The first-order valence-corrected chi connectivity index (χ1v) is 19.1. The Labute approximate surface area is 330 Å². The number of carboxylic acids is 1. The van der Waals surface area contributed by atoms with E-state index in [-0.39, 0.29) is 31.4 Å². The van der Waals surface area contributed by atoms with Crippen molar-refractivity contribution in [3.8, 4) is 0 Å². The average Bonchev–Trinajstić information content (AvgIpc) is 3.69. The van der Waals surface area contributed by atoms with Crippen LogP contribution in [0.3, 0.4) is 0 Å². The van der Waals surface area contributed by atoms with Crippen molar-refractivity contribution in [1.29, 1.82) is 0 Å². The molecule has 1 aromatic heterocycles. The molecule has 0 fully saturated rings. The molecule has 0 bridgehead atoms. The number of imidazole rings is 1. The highest BCUT2D eigenvalue weighted by Crippen LogP contribution is 2.07. The van der Waals surface area contributed by atoms with E-state index in [1.165, 1.54) is 12.5 Å². The Balaban J connectivity index is 3.08. The molecule has 7 atom stereocenters. The molecule has 0 spiro atoms. The number of rotatable bonds is 30. The van der Waals surface area contributed by atoms with Gasteiger partial charge in [0.25, 0.3) is 0 Å². The van der Waals surface area contributed by atoms with Gasteiger partial charge in [-0.15, -0.1) is 0 Å². The predicted molar refractivity (Wildman–Crippen MR) is 206 cm³/mol. The summed E-state index contributed by atoms with van der Waals surface area (Å²) in [6.07, 6.45) is 6.04. The minimum Gasteiger partial charge on any atom is -0.480 e. The number of carbonyl (C=O) groups is 7. The maximum atomic E-state index is 13.5. The molecule has 0 aliphatic rings. The lowest BCUT2D eigenvalue weighted by Gasteiger charge is -2.26. The molecule has 0 radical (unpaired) electrons. The fraction of sp³-hybridized carbons (Fsp3) is 0.697. The topological polar surface area (TPSA) is 385 Å². The van der Waals surface area contributed by atoms with Gasteiger partial charge in [0.1, 0.15) is 36.3 Å². The van der Waals surface area contributed by atoms with Gasteiger partial charge in [-0.05, 0) is 71.0 Å². The number of nitrogens with two attached hydrogens (primary N) is 4. The average molecular weight is 817 g/mol. The largest absolute Gasteiger partial charge is 0.480 e. The van der Waals surface area contributed by atoms with Crippen LogP contribution in [0.15, 0.2) is 12.5 Å². The lowest BCUT2D eigenvalue weighted by atomic mass is 10.1. The molecule has 1 rings (SSSR count). The highest BCUT2D eigenvalue weighted by Gasteiger charge is 2.33. The molecule has 0 aromatic carbocycles. The van der Waals surface area contributed by atoms with Gasteiger partial charge in [-0.3, -0.25) is 28.8 Å². The second-order valence-corrected chi connectivity index (χ2v) is 13.4. The van der Waals surface area contributed by atoms with Crippen molar-refractivity contribution in [3.05, 3.63) is 18.2 Å². The van der Waals surface area contributed by atoms with Crippen molar-refractivity contribution in [3.63, 3.8) is 0 Å². The summed E-state index contributed by atoms with van der Waals surface area (Å²) in [7, 11) is 0. The molecule has 0 aliphatic heterocycles. The molecule has 23 heteroatoms. The molecule has 6 amide bonds. The summed E-state index contributed by atoms with van der Waals surface area (Å²) in [6.45, 7) is -0.718. The molecule has 22 nitrogen and oxygen atoms in total. The van der Waals surface area contributed by atoms with Gasteiger partial charge in [0.05, 0.1) is 25.6 Å². The van der Waals surface area contributed by atoms with Crippen molar-refractivity contribution >= 4 is 54.0 Å². The van der Waals surface area contributed by atoms with Crippen LogP contribution in [0.2, 0.25) is 0 Å². The summed E-state index contributed by atoms with van der Waals surface area (Å²) in [5.41, 5.74) is 22.8. The third-order valence-electron chi connectivity index (χ3n) is 8.51. The normalized spacial score (nSPS) is 14.8. The standard InChI is InChI=1S/C33H60N12O10S/c34-10-4-1-7-20(37)27(48)43-24(15-46)31(52)42-23(13-19-14-38-18-39-19)29(50)45-26(17-56)32(53)44-25(16-47)30(51)40-21(8-2-5-11-35)28(49)41-22(33(54)55)9-3-6-12-36/h14,18,20-26,46-47,56H,1-13,15-17,34-37H2,(H,38,39)(H,40,51)(H,41,49)(H,42,52)(H,43,48)(H,44,53)(H,45,50)(H,54,55)/t20-,21-,22-,23-,24-,25-,26-/m0/s1. The van der Waals surface area contributed by atoms with Gasteiger partial charge in [0, 0.05) is 24.1 Å². The van der Waals surface area contributed by atoms with E-state index in [0.717, 1.165) is 0 Å². The quantitative estimate of drug-likeness (QED) is 0.0255. The van der Waals surface area contributed by atoms with Gasteiger partial charge >= 0.3 is 5.97 Å². The zero-order valence-corrected chi connectivity index (χ0v) is 32.3. The Morgan fingerprint density at radius 1 is 0.607 bits per heavy atom. The fourth-order valence-corrected chi connectivity index (χ4v) is 5.46. The van der Waals surface area contributed by atoms with E-state index in [2.05, 4.69) is 54.5 Å². The summed E-state index contributed by atoms with van der Waals surface area (Å²) in [5.74, 6) is -6.86. The van der Waals surface area contributed by atoms with Gasteiger partial charge in [-0.2, -0.15) is 12.6 Å². The number of aliphatic hydroxyl groups excluding tert-OH is 2. The third-order valence-corrected chi connectivity index (χ3v) is 8.87. The molecule has 0 saturated carbocycles. The number of aliphatic hydroxyl groups is 2. The molecule has 0 saturated heterocycles. The first-order valence-electron chi connectivity index (χ1n) is 18.5. The monoisotopic (exact) mass is 816 g/mol. The number of aliphatic carboxylic acids is 1. The van der Waals surface area contributed by atoms with E-state index in [1.54, 1.807) is 0 Å². The zero-order chi connectivity index (χ0) is 42.0. The minimum atomic E-state index is -1.62. The number of aromatic amines is 1. The second-order valence-electron chi connectivity index (χ2n) is 13.0. The molecular formula is C33H60N12O10S. The summed E-state index contributed by atoms with van der Waals surface area (Å²) in [4.78, 5) is 97.4. The lowest BCUT2D eigenvalue weighted by molar-refractivity contribution is -0.142. The molecule has 0 unspecified atom stereocenters. The number of H-pyrrole nitrogens is 1. The van der Waals surface area contributed by atoms with Crippen LogP contribution in [0.5, 0.6) is 0 Å². The number of unbranched alkanes of at least 4 members (excludes halogenated alkanes) is 3. The Kier molecular flexibility index (Phi) is 24.9. The van der Waals surface area contributed by atoms with Crippen LogP contribution in [0.4, 0.5) is 0 Å². The van der Waals surface area contributed by atoms with Crippen LogP contribution in [-0.2, 0) is 40.0 Å². The van der Waals surface area contributed by atoms with E-state index < -0.39 is 96.9 Å². The molecule has 56 heavy (non-hydrogen) atoms. The van der Waals surface area contributed by atoms with Gasteiger partial charge in [0.15, 0.2) is 0 Å². The number of hydrogen-bond donors (Lipinski definition) is 15. The molecule has 0 aliphatic carbocycles. The van der Waals surface area contributed by atoms with Crippen LogP contribution >= 0.6 is 12.6 Å². The van der Waals surface area contributed by atoms with Gasteiger partial charge in [0.2, 0.25) is 35.4 Å². The molecule has 18 N–H and O–H groups in total. The Morgan fingerprint density at radius 3 is 1.50 bits per heavy atom. The van der Waals surface area contributed by atoms with Crippen molar-refractivity contribution in [2.45, 2.75) is 107 Å². The second kappa shape index (κ2) is 28.1. The SMILES string of the molecule is NCCCC[C@H](NC(=O)[C@H](CCCCN)NC(=O)[C@H](CO)NC(=O)[C@H](CS)NC(=O)[C@H](Cc1cnc[nH]1)NC(=O)[C@H](CO)NC(=O)[C@@H](N)CCCCN)C(=O)O. The van der Waals surface area contributed by atoms with Crippen LogP contribution in [0.25, 0.3) is 0 Å². The van der Waals surface area contributed by atoms with Crippen LogP contribution in [-0.4, -0.2) is 148 Å². The number of carboxylic acid groups (broad SMARTS) is 1. The van der Waals surface area contributed by atoms with Gasteiger partial charge in [-0.1, -0.05) is 6.42 Å². The van der Waals surface area contributed by atoms with Crippen molar-refractivity contribution in [2.24, 2.45) is 22.9 Å². The molecule has 1 aromatic rings. The third kappa shape index (κ3) is 18.5. The number of thiol groups is 1. The van der Waals surface area contributed by atoms with E-state index in [9.17, 15) is 48.9 Å². The van der Waals surface area contributed by atoms with Gasteiger partial charge < -0.3 is 75.1 Å². The maximum absolute atomic E-state index is 13.5. The van der Waals surface area contributed by atoms with Crippen LogP contribution < -0.4 is 54.8 Å². The lowest BCUT2D eigenvalue weighted by Crippen LogP contribution is -2.61. The van der Waals surface area contributed by atoms with E-state index in [1.807, 2.05) is 0 Å². The first kappa shape index (κ1) is 49.6. The summed E-state index contributed by atoms with van der Waals surface area (Å²) in [6, 6.07) is -9.40. The Morgan fingerprint density at radius 2 is 1.02 bits per heavy atom. The van der Waals surface area contributed by atoms with Crippen molar-refractivity contribution in [2.75, 3.05) is 38.6 Å². The first-order chi connectivity index (χ1) is 26.8. The zero-order valence-electron chi connectivity index (χ0n) is 31.4. The van der Waals surface area contributed by atoms with E-state index in [4.69, 9.17) is 22.9 Å². The number of aromatic nitrogens is 2. The van der Waals surface area contributed by atoms with Gasteiger partial charge in [-0.25, -0.2) is 9.78 Å². The smallest absolute Gasteiger partial charge is 0.326 e. The van der Waals surface area contributed by atoms with Crippen molar-refractivity contribution in [1.82, 2.24) is 41.9 Å². The van der Waals surface area contributed by atoms with E-state index in [0.29, 0.717) is 63.9 Å². The number of carbonyl (C=O) groups excluding carboxylic acids is 6. The fourth-order valence-electron chi connectivity index (χ4n) is 5.20. The van der Waals surface area contributed by atoms with Crippen molar-refractivity contribution < 1.29 is 48.9 Å². The molecular weight excluding hydrogens is 757 g/mol. The minimum absolute atomic E-state index is 0.0667. The summed E-state index contributed by atoms with van der Waals surface area (Å²) < 4.78 is 0. The van der Waals surface area contributed by atoms with E-state index >= 15 is 0 Å². The number of nitrogens with one attached hydrogen (secondary N) is 7. The Hall–Kier alpha value is -4.39. The number of amides is 6. The maximum Gasteiger partial charge on any atom is 0.326 e. The summed E-state index contributed by atoms with van der Waals surface area (Å²) in [5, 5.41) is 43.9.